The van der Waals surface area contributed by atoms with Gasteiger partial charge in [0.1, 0.15) is 0 Å². The van der Waals surface area contributed by atoms with Gasteiger partial charge >= 0.3 is 0 Å². The van der Waals surface area contributed by atoms with Crippen molar-refractivity contribution in [3.05, 3.63) is 129 Å². The number of rotatable bonds is 6. The van der Waals surface area contributed by atoms with Crippen LogP contribution < -0.4 is 0 Å². The molecule has 2 unspecified atom stereocenters. The molecule has 5 rings (SSSR count). The average Bonchev–Trinajstić information content (AvgIpc) is 3.09. The van der Waals surface area contributed by atoms with Crippen molar-refractivity contribution in [2.75, 3.05) is 12.3 Å². The minimum Gasteiger partial charge on any atom is -0.256 e. The summed E-state index contributed by atoms with van der Waals surface area (Å²) < 4.78 is 13.1. The van der Waals surface area contributed by atoms with Crippen molar-refractivity contribution in [3.8, 4) is 0 Å². The molecule has 0 saturated heterocycles. The van der Waals surface area contributed by atoms with Crippen LogP contribution in [0.3, 0.4) is 0 Å². The fourth-order valence-corrected chi connectivity index (χ4v) is 22.6. The molecule has 0 amide bonds. The predicted octanol–water partition coefficient (Wildman–Crippen LogP) is 18.3. The molecule has 1 heterocycles. The topological polar surface area (TPSA) is 24.7 Å². The van der Waals surface area contributed by atoms with Crippen molar-refractivity contribution >= 4 is 35.5 Å². The zero-order valence-corrected chi connectivity index (χ0v) is 42.1. The van der Waals surface area contributed by atoms with Gasteiger partial charge in [0.25, 0.3) is 0 Å². The van der Waals surface area contributed by atoms with Crippen LogP contribution in [0.15, 0.2) is 94.4 Å². The summed E-state index contributed by atoms with van der Waals surface area (Å²) in [4.78, 5) is 0. The zero-order valence-electron chi connectivity index (χ0n) is 40.3. The van der Waals surface area contributed by atoms with Gasteiger partial charge in [-0.25, -0.2) is 0 Å². The Morgan fingerprint density at radius 2 is 0.603 bits per heavy atom. The maximum Gasteiger partial charge on any atom is 0.0697 e. The molecule has 0 N–H and O–H groups in total. The Morgan fingerprint density at radius 3 is 0.793 bits per heavy atom. The molecular formula is C54H78N2P2. The lowest BCUT2D eigenvalue weighted by Crippen LogP contribution is -2.22. The number of nitrogens with zero attached hydrogens (tertiary/aromatic N) is 2. The van der Waals surface area contributed by atoms with Gasteiger partial charge in [0.15, 0.2) is 0 Å². The van der Waals surface area contributed by atoms with Gasteiger partial charge in [-0.05, 0) is 89.3 Å². The Balaban J connectivity index is 2.20. The molecule has 4 heteroatoms. The molecule has 0 aliphatic carbocycles. The van der Waals surface area contributed by atoms with Gasteiger partial charge in [-0.3, -0.25) is 9.49 Å². The summed E-state index contributed by atoms with van der Waals surface area (Å²) in [6, 6.07) is 32.6. The van der Waals surface area contributed by atoms with E-state index >= 15 is 0 Å². The highest BCUT2D eigenvalue weighted by Crippen LogP contribution is 3.04. The Morgan fingerprint density at radius 1 is 0.362 bits per heavy atom. The van der Waals surface area contributed by atoms with Crippen molar-refractivity contribution in [3.63, 3.8) is 0 Å². The lowest BCUT2D eigenvalue weighted by Gasteiger charge is -2.51. The van der Waals surface area contributed by atoms with Crippen molar-refractivity contribution in [1.29, 1.82) is 0 Å². The van der Waals surface area contributed by atoms with Gasteiger partial charge < -0.3 is 0 Å². The van der Waals surface area contributed by atoms with E-state index in [2.05, 4.69) is 223 Å². The first-order chi connectivity index (χ1) is 26.4. The standard InChI is InChI=1S/C54H78N2P2/c1-21-57(55-45-41(51(9,10)11)33-39(49(3,4)5)34-42(45)52(12,13)14)47(37-29-25-23-26-30-37)48(38-31-27-24-28-32-38)58(57,22-2)56-46-43(53(15,16)17)35-40(50(6,7)8)36-44(46)54(18,19)20/h23-36H,21-22H2,1-20H3. The molecule has 2 nitrogen and oxygen atoms in total. The van der Waals surface area contributed by atoms with E-state index in [0.717, 1.165) is 12.3 Å². The van der Waals surface area contributed by atoms with Crippen molar-refractivity contribution < 1.29 is 0 Å². The molecule has 1 aliphatic rings. The third kappa shape index (κ3) is 8.51. The first kappa shape index (κ1) is 46.2. The molecule has 1 aliphatic heterocycles. The van der Waals surface area contributed by atoms with E-state index in [1.165, 1.54) is 66.5 Å². The van der Waals surface area contributed by atoms with Crippen LogP contribution in [0.25, 0.3) is 10.6 Å². The average molecular weight is 817 g/mol. The van der Waals surface area contributed by atoms with Gasteiger partial charge in [-0.1, -0.05) is 223 Å². The van der Waals surface area contributed by atoms with Crippen LogP contribution >= 0.6 is 13.5 Å². The Hall–Kier alpha value is -2.92. The number of hydrogen-bond acceptors (Lipinski definition) is 2. The summed E-state index contributed by atoms with van der Waals surface area (Å²) in [7, 11) is 0. The highest BCUT2D eigenvalue weighted by Gasteiger charge is 2.54. The SMILES string of the molecule is CCP1(=Nc2c(C(C)(C)C)cc(C(C)(C)C)cc2C(C)(C)C)C(c2ccccc2)=C(c2ccccc2)P1(CC)=Nc1c(C(C)(C)C)cc(C(C)(C)C)cc1C(C)(C)C. The summed E-state index contributed by atoms with van der Waals surface area (Å²) in [6.07, 6.45) is 1.92. The molecule has 2 atom stereocenters. The molecule has 0 saturated carbocycles. The molecule has 0 aromatic heterocycles. The minimum atomic E-state index is -2.42. The second-order valence-electron chi connectivity index (χ2n) is 23.1. The summed E-state index contributed by atoms with van der Waals surface area (Å²) in [5.41, 5.74) is 12.8. The Kier molecular flexibility index (Phi) is 12.4. The summed E-state index contributed by atoms with van der Waals surface area (Å²) in [5, 5.41) is 2.92. The van der Waals surface area contributed by atoms with E-state index in [1.807, 2.05) is 0 Å². The van der Waals surface area contributed by atoms with E-state index in [9.17, 15) is 0 Å². The van der Waals surface area contributed by atoms with E-state index < -0.39 is 13.5 Å². The monoisotopic (exact) mass is 817 g/mol. The second-order valence-corrected chi connectivity index (χ2v) is 32.5. The second kappa shape index (κ2) is 15.5. The van der Waals surface area contributed by atoms with Crippen molar-refractivity contribution in [1.82, 2.24) is 0 Å². The fraction of sp³-hybridized carbons (Fsp3) is 0.519. The van der Waals surface area contributed by atoms with Crippen molar-refractivity contribution in [2.45, 2.75) is 171 Å². The molecular weight excluding hydrogens is 739 g/mol. The van der Waals surface area contributed by atoms with Gasteiger partial charge in [-0.2, -0.15) is 0 Å². The molecule has 0 spiro atoms. The number of benzene rings is 4. The quantitative estimate of drug-likeness (QED) is 0.173. The Labute approximate surface area is 356 Å². The van der Waals surface area contributed by atoms with Gasteiger partial charge in [-0.15, -0.1) is 0 Å². The third-order valence-corrected chi connectivity index (χ3v) is 25.4. The van der Waals surface area contributed by atoms with Crippen LogP contribution in [0, 0.1) is 0 Å². The first-order valence-electron chi connectivity index (χ1n) is 21.9. The van der Waals surface area contributed by atoms with E-state index in [4.69, 9.17) is 9.49 Å². The van der Waals surface area contributed by atoms with Crippen LogP contribution in [-0.4, -0.2) is 12.3 Å². The predicted molar refractivity (Wildman–Crippen MR) is 264 cm³/mol. The molecule has 0 bridgehead atoms. The van der Waals surface area contributed by atoms with Crippen LogP contribution in [-0.2, 0) is 32.5 Å². The smallest absolute Gasteiger partial charge is 0.0697 e. The highest BCUT2D eigenvalue weighted by molar-refractivity contribution is 8.49. The van der Waals surface area contributed by atoms with Gasteiger partial charge in [0.2, 0.25) is 0 Å². The van der Waals surface area contributed by atoms with Gasteiger partial charge in [0.05, 0.1) is 11.4 Å². The molecule has 0 radical (unpaired) electrons. The zero-order chi connectivity index (χ0) is 43.7. The minimum absolute atomic E-state index is 0.00358. The highest BCUT2D eigenvalue weighted by atomic mass is 32.1. The van der Waals surface area contributed by atoms with E-state index in [0.29, 0.717) is 0 Å². The lowest BCUT2D eigenvalue weighted by atomic mass is 9.74. The normalized spacial score (nSPS) is 19.6. The molecule has 58 heavy (non-hydrogen) atoms. The molecule has 314 valence electrons. The van der Waals surface area contributed by atoms with E-state index in [1.54, 1.807) is 0 Å². The molecule has 4 aromatic rings. The lowest BCUT2D eigenvalue weighted by molar-refractivity contribution is 0.549. The van der Waals surface area contributed by atoms with Crippen LogP contribution in [0.1, 0.15) is 183 Å². The first-order valence-corrected chi connectivity index (χ1v) is 26.5. The van der Waals surface area contributed by atoms with Gasteiger partial charge in [0, 0.05) is 24.1 Å². The Bertz CT molecular complexity index is 2060. The third-order valence-electron chi connectivity index (χ3n) is 12.2. The summed E-state index contributed by atoms with van der Waals surface area (Å²) in [5.74, 6) is 0. The summed E-state index contributed by atoms with van der Waals surface area (Å²) in [6.45, 7) is 42.8. The molecule has 0 fully saturated rings. The maximum atomic E-state index is 6.57. The largest absolute Gasteiger partial charge is 0.256 e. The maximum absolute atomic E-state index is 6.57. The molecule has 4 aromatic carbocycles. The van der Waals surface area contributed by atoms with E-state index in [-0.39, 0.29) is 32.5 Å². The van der Waals surface area contributed by atoms with Crippen LogP contribution in [0.5, 0.6) is 0 Å². The number of hydrogen-bond donors (Lipinski definition) is 0. The fourth-order valence-electron chi connectivity index (χ4n) is 8.65. The van der Waals surface area contributed by atoms with Crippen LogP contribution in [0.4, 0.5) is 11.4 Å². The van der Waals surface area contributed by atoms with Crippen LogP contribution in [0.2, 0.25) is 0 Å². The summed E-state index contributed by atoms with van der Waals surface area (Å²) >= 11 is 0. The van der Waals surface area contributed by atoms with Crippen molar-refractivity contribution in [2.24, 2.45) is 9.49 Å².